The van der Waals surface area contributed by atoms with Crippen molar-refractivity contribution in [1.29, 1.82) is 0 Å². The molecule has 0 bridgehead atoms. The molecule has 1 fully saturated rings. The molecule has 1 heterocycles. The van der Waals surface area contributed by atoms with Crippen LogP contribution >= 0.6 is 0 Å². The van der Waals surface area contributed by atoms with Crippen molar-refractivity contribution in [2.45, 2.75) is 31.9 Å². The van der Waals surface area contributed by atoms with Crippen molar-refractivity contribution in [3.05, 3.63) is 65.7 Å². The van der Waals surface area contributed by atoms with E-state index in [0.29, 0.717) is 37.2 Å². The van der Waals surface area contributed by atoms with Gasteiger partial charge in [-0.2, -0.15) is 17.0 Å². The average Bonchev–Trinajstić information content (AvgIpc) is 2.75. The van der Waals surface area contributed by atoms with Crippen LogP contribution < -0.4 is 10.1 Å². The minimum absolute atomic E-state index is 0.0832. The summed E-state index contributed by atoms with van der Waals surface area (Å²) in [6.45, 7) is 2.78. The Morgan fingerprint density at radius 1 is 1.10 bits per heavy atom. The van der Waals surface area contributed by atoms with E-state index >= 15 is 0 Å². The van der Waals surface area contributed by atoms with E-state index in [4.69, 9.17) is 4.74 Å². The first-order valence-corrected chi connectivity index (χ1v) is 11.5. The normalized spacial score (nSPS) is 16.9. The van der Waals surface area contributed by atoms with Gasteiger partial charge in [0.15, 0.2) is 0 Å². The van der Waals surface area contributed by atoms with Gasteiger partial charge in [-0.3, -0.25) is 4.79 Å². The third-order valence-electron chi connectivity index (χ3n) is 5.23. The SMILES string of the molecule is CC(NC(=O)c1cccc(OC2CCN(S(=O)(=O)N(C)C)CC2)c1)c1ccccc1. The van der Waals surface area contributed by atoms with Crippen molar-refractivity contribution in [2.24, 2.45) is 0 Å². The molecular formula is C22H29N3O4S. The molecule has 0 aliphatic carbocycles. The molecule has 1 aliphatic heterocycles. The fourth-order valence-corrected chi connectivity index (χ4v) is 4.55. The van der Waals surface area contributed by atoms with Crippen molar-refractivity contribution < 1.29 is 17.9 Å². The lowest BCUT2D eigenvalue weighted by Crippen LogP contribution is -2.46. The Morgan fingerprint density at radius 2 is 1.77 bits per heavy atom. The molecule has 0 saturated carbocycles. The Balaban J connectivity index is 1.58. The van der Waals surface area contributed by atoms with Crippen LogP contribution in [0.1, 0.15) is 41.7 Å². The van der Waals surface area contributed by atoms with E-state index < -0.39 is 10.2 Å². The summed E-state index contributed by atoms with van der Waals surface area (Å²) in [5.74, 6) is 0.452. The number of carbonyl (C=O) groups excluding carboxylic acids is 1. The largest absolute Gasteiger partial charge is 0.490 e. The molecule has 1 amide bonds. The Morgan fingerprint density at radius 3 is 2.40 bits per heavy atom. The average molecular weight is 432 g/mol. The Hall–Kier alpha value is -2.42. The van der Waals surface area contributed by atoms with E-state index in [1.165, 1.54) is 22.7 Å². The zero-order valence-electron chi connectivity index (χ0n) is 17.6. The van der Waals surface area contributed by atoms with Gasteiger partial charge in [0.2, 0.25) is 0 Å². The third kappa shape index (κ3) is 5.38. The van der Waals surface area contributed by atoms with Crippen molar-refractivity contribution in [3.8, 4) is 5.75 Å². The van der Waals surface area contributed by atoms with E-state index in [-0.39, 0.29) is 18.1 Å². The first kappa shape index (κ1) is 22.3. The molecule has 1 atom stereocenters. The van der Waals surface area contributed by atoms with Gasteiger partial charge >= 0.3 is 0 Å². The molecule has 30 heavy (non-hydrogen) atoms. The Kier molecular flexibility index (Phi) is 7.12. The molecule has 1 saturated heterocycles. The van der Waals surface area contributed by atoms with Crippen LogP contribution in [0, 0.1) is 0 Å². The quantitative estimate of drug-likeness (QED) is 0.731. The van der Waals surface area contributed by atoms with Crippen molar-refractivity contribution >= 4 is 16.1 Å². The zero-order chi connectivity index (χ0) is 21.7. The molecule has 7 nitrogen and oxygen atoms in total. The maximum Gasteiger partial charge on any atom is 0.281 e. The first-order chi connectivity index (χ1) is 14.3. The summed E-state index contributed by atoms with van der Waals surface area (Å²) in [6.07, 6.45) is 1.13. The monoisotopic (exact) mass is 431 g/mol. The highest BCUT2D eigenvalue weighted by Gasteiger charge is 2.30. The van der Waals surface area contributed by atoms with Crippen LogP contribution in [0.15, 0.2) is 54.6 Å². The van der Waals surface area contributed by atoms with Gasteiger partial charge < -0.3 is 10.1 Å². The number of carbonyl (C=O) groups is 1. The van der Waals surface area contributed by atoms with Crippen LogP contribution in [-0.2, 0) is 10.2 Å². The highest BCUT2D eigenvalue weighted by Crippen LogP contribution is 2.22. The van der Waals surface area contributed by atoms with Crippen molar-refractivity contribution in [2.75, 3.05) is 27.2 Å². The second-order valence-electron chi connectivity index (χ2n) is 7.64. The van der Waals surface area contributed by atoms with Gasteiger partial charge in [0.05, 0.1) is 6.04 Å². The van der Waals surface area contributed by atoms with Gasteiger partial charge in [0, 0.05) is 32.7 Å². The van der Waals surface area contributed by atoms with Gasteiger partial charge in [-0.25, -0.2) is 0 Å². The van der Waals surface area contributed by atoms with Gasteiger partial charge in [0.25, 0.3) is 16.1 Å². The summed E-state index contributed by atoms with van der Waals surface area (Å²) in [4.78, 5) is 12.6. The fourth-order valence-electron chi connectivity index (χ4n) is 3.42. The molecule has 2 aromatic rings. The van der Waals surface area contributed by atoms with E-state index in [0.717, 1.165) is 5.56 Å². The topological polar surface area (TPSA) is 79.0 Å². The number of rotatable bonds is 7. The smallest absolute Gasteiger partial charge is 0.281 e. The zero-order valence-corrected chi connectivity index (χ0v) is 18.4. The number of amides is 1. The number of benzene rings is 2. The second-order valence-corrected chi connectivity index (χ2v) is 9.78. The maximum absolute atomic E-state index is 12.6. The lowest BCUT2D eigenvalue weighted by Gasteiger charge is -2.32. The molecule has 162 valence electrons. The molecule has 1 N–H and O–H groups in total. The number of hydrogen-bond donors (Lipinski definition) is 1. The van der Waals surface area contributed by atoms with Crippen molar-refractivity contribution in [3.63, 3.8) is 0 Å². The summed E-state index contributed by atoms with van der Waals surface area (Å²) >= 11 is 0. The number of nitrogens with zero attached hydrogens (tertiary/aromatic N) is 2. The molecule has 3 rings (SSSR count). The molecule has 0 aromatic heterocycles. The van der Waals surface area contributed by atoms with Crippen LogP contribution in [0.3, 0.4) is 0 Å². The molecule has 1 unspecified atom stereocenters. The third-order valence-corrected chi connectivity index (χ3v) is 7.18. The summed E-state index contributed by atoms with van der Waals surface area (Å²) in [6, 6.07) is 16.8. The van der Waals surface area contributed by atoms with E-state index in [9.17, 15) is 13.2 Å². The second kappa shape index (κ2) is 9.59. The first-order valence-electron chi connectivity index (χ1n) is 10.1. The molecule has 0 radical (unpaired) electrons. The number of piperidine rings is 1. The molecular weight excluding hydrogens is 402 g/mol. The Labute approximate surface area is 178 Å². The molecule has 8 heteroatoms. The molecule has 0 spiro atoms. The van der Waals surface area contributed by atoms with E-state index in [1.807, 2.05) is 43.3 Å². The summed E-state index contributed by atoms with van der Waals surface area (Å²) < 4.78 is 33.2. The van der Waals surface area contributed by atoms with Gasteiger partial charge in [-0.05, 0) is 43.5 Å². The van der Waals surface area contributed by atoms with Gasteiger partial charge in [0.1, 0.15) is 11.9 Å². The Bertz CT molecular complexity index is 955. The highest BCUT2D eigenvalue weighted by molar-refractivity contribution is 7.86. The van der Waals surface area contributed by atoms with Crippen LogP contribution in [0.2, 0.25) is 0 Å². The lowest BCUT2D eigenvalue weighted by molar-refractivity contribution is 0.0937. The van der Waals surface area contributed by atoms with Gasteiger partial charge in [-0.15, -0.1) is 0 Å². The van der Waals surface area contributed by atoms with Crippen LogP contribution in [-0.4, -0.2) is 56.2 Å². The predicted octanol–water partition coefficient (Wildman–Crippen LogP) is 2.83. The molecule has 1 aliphatic rings. The van der Waals surface area contributed by atoms with Crippen LogP contribution in [0.4, 0.5) is 0 Å². The minimum Gasteiger partial charge on any atom is -0.490 e. The summed E-state index contributed by atoms with van der Waals surface area (Å²) in [5.41, 5.74) is 1.57. The molecule has 2 aromatic carbocycles. The lowest BCUT2D eigenvalue weighted by atomic mass is 10.1. The van der Waals surface area contributed by atoms with E-state index in [1.54, 1.807) is 18.2 Å². The number of hydrogen-bond acceptors (Lipinski definition) is 4. The predicted molar refractivity (Wildman–Crippen MR) is 117 cm³/mol. The number of nitrogens with one attached hydrogen (secondary N) is 1. The maximum atomic E-state index is 12.6. The summed E-state index contributed by atoms with van der Waals surface area (Å²) in [5, 5.41) is 3.00. The van der Waals surface area contributed by atoms with Crippen LogP contribution in [0.5, 0.6) is 5.75 Å². The number of ether oxygens (including phenoxy) is 1. The van der Waals surface area contributed by atoms with Crippen molar-refractivity contribution in [1.82, 2.24) is 13.9 Å². The van der Waals surface area contributed by atoms with Crippen LogP contribution in [0.25, 0.3) is 0 Å². The highest BCUT2D eigenvalue weighted by atomic mass is 32.2. The minimum atomic E-state index is -3.39. The fraction of sp³-hybridized carbons (Fsp3) is 0.409. The summed E-state index contributed by atoms with van der Waals surface area (Å²) in [7, 11) is -0.321. The van der Waals surface area contributed by atoms with E-state index in [2.05, 4.69) is 5.32 Å². The standard InChI is InChI=1S/C22H29N3O4S/c1-17(18-8-5-4-6-9-18)23-22(26)19-10-7-11-21(16-19)29-20-12-14-25(15-13-20)30(27,28)24(2)3/h4-11,16-17,20H,12-15H2,1-3H3,(H,23,26). The van der Waals surface area contributed by atoms with Gasteiger partial charge in [-0.1, -0.05) is 36.4 Å².